The molecule has 1 N–H and O–H groups in total. The number of amides is 2. The number of hydrogen-bond donors (Lipinski definition) is 1. The summed E-state index contributed by atoms with van der Waals surface area (Å²) in [6.07, 6.45) is 1.28. The first-order valence-corrected chi connectivity index (χ1v) is 8.46. The van der Waals surface area contributed by atoms with E-state index in [-0.39, 0.29) is 24.6 Å². The van der Waals surface area contributed by atoms with E-state index >= 15 is 0 Å². The number of fused-ring (bicyclic) bond motifs is 1. The number of rotatable bonds is 6. The number of furan rings is 1. The average Bonchev–Trinajstić information content (AvgIpc) is 3.30. The Morgan fingerprint density at radius 3 is 2.81 bits per heavy atom. The van der Waals surface area contributed by atoms with E-state index in [9.17, 15) is 14.4 Å². The number of esters is 1. The van der Waals surface area contributed by atoms with Gasteiger partial charge in [0.15, 0.2) is 11.9 Å². The van der Waals surface area contributed by atoms with Crippen LogP contribution in [0.15, 0.2) is 47.1 Å². The standard InChI is InChI=1S/C19H20N2O5/c1-13(19(24)21-11-9-14-5-2-3-6-15(14)21)26-17(22)8-10-20-18(23)16-7-4-12-25-16/h2-7,12-13H,8-11H2,1H3,(H,20,23)/t13-/m1/s1. The Labute approximate surface area is 150 Å². The number of carbonyl (C=O) groups excluding carboxylic acids is 3. The van der Waals surface area contributed by atoms with Gasteiger partial charge in [0.25, 0.3) is 11.8 Å². The zero-order chi connectivity index (χ0) is 18.5. The predicted molar refractivity (Wildman–Crippen MR) is 93.7 cm³/mol. The van der Waals surface area contributed by atoms with E-state index in [1.807, 2.05) is 24.3 Å². The van der Waals surface area contributed by atoms with Crippen LogP contribution in [0, 0.1) is 0 Å². The Balaban J connectivity index is 1.45. The molecular weight excluding hydrogens is 336 g/mol. The number of carbonyl (C=O) groups is 3. The quantitative estimate of drug-likeness (QED) is 0.799. The first-order chi connectivity index (χ1) is 12.6. The Morgan fingerprint density at radius 2 is 2.04 bits per heavy atom. The van der Waals surface area contributed by atoms with E-state index < -0.39 is 18.0 Å². The summed E-state index contributed by atoms with van der Waals surface area (Å²) in [5, 5.41) is 2.56. The summed E-state index contributed by atoms with van der Waals surface area (Å²) in [6.45, 7) is 2.24. The van der Waals surface area contributed by atoms with Gasteiger partial charge in [-0.25, -0.2) is 0 Å². The maximum atomic E-state index is 12.5. The van der Waals surface area contributed by atoms with E-state index in [2.05, 4.69) is 5.32 Å². The molecule has 7 heteroatoms. The molecule has 0 fully saturated rings. The molecule has 7 nitrogen and oxygen atoms in total. The SMILES string of the molecule is C[C@@H](OC(=O)CCNC(=O)c1ccco1)C(=O)N1CCc2ccccc21. The highest BCUT2D eigenvalue weighted by molar-refractivity contribution is 5.99. The van der Waals surface area contributed by atoms with Gasteiger partial charge in [0.2, 0.25) is 0 Å². The topological polar surface area (TPSA) is 88.8 Å². The predicted octanol–water partition coefficient (Wildman–Crippen LogP) is 1.92. The largest absolute Gasteiger partial charge is 0.459 e. The number of nitrogens with one attached hydrogen (secondary N) is 1. The van der Waals surface area contributed by atoms with Gasteiger partial charge >= 0.3 is 5.97 Å². The summed E-state index contributed by atoms with van der Waals surface area (Å²) in [4.78, 5) is 37.8. The molecule has 1 aromatic carbocycles. The molecule has 0 saturated heterocycles. The van der Waals surface area contributed by atoms with Crippen molar-refractivity contribution in [2.75, 3.05) is 18.0 Å². The zero-order valence-corrected chi connectivity index (χ0v) is 14.4. The van der Waals surface area contributed by atoms with Gasteiger partial charge in [-0.2, -0.15) is 0 Å². The Kier molecular flexibility index (Phi) is 5.36. The normalized spacial score (nSPS) is 13.8. The lowest BCUT2D eigenvalue weighted by atomic mass is 10.2. The number of hydrogen-bond acceptors (Lipinski definition) is 5. The second kappa shape index (κ2) is 7.86. The first-order valence-electron chi connectivity index (χ1n) is 8.46. The fourth-order valence-corrected chi connectivity index (χ4v) is 2.87. The molecule has 2 aromatic rings. The lowest BCUT2D eigenvalue weighted by molar-refractivity contribution is -0.153. The third-order valence-electron chi connectivity index (χ3n) is 4.17. The summed E-state index contributed by atoms with van der Waals surface area (Å²) in [5.41, 5.74) is 1.98. The minimum absolute atomic E-state index is 0.0271. The van der Waals surface area contributed by atoms with Crippen molar-refractivity contribution >= 4 is 23.5 Å². The fourth-order valence-electron chi connectivity index (χ4n) is 2.87. The zero-order valence-electron chi connectivity index (χ0n) is 14.4. The van der Waals surface area contributed by atoms with Crippen LogP contribution < -0.4 is 10.2 Å². The molecule has 2 heterocycles. The molecule has 1 aromatic heterocycles. The van der Waals surface area contributed by atoms with Gasteiger partial charge in [-0.3, -0.25) is 14.4 Å². The third kappa shape index (κ3) is 3.93. The van der Waals surface area contributed by atoms with Crippen LogP contribution in [0.5, 0.6) is 0 Å². The van der Waals surface area contributed by atoms with Crippen molar-refractivity contribution in [1.29, 1.82) is 0 Å². The van der Waals surface area contributed by atoms with Crippen molar-refractivity contribution in [3.63, 3.8) is 0 Å². The summed E-state index contributed by atoms with van der Waals surface area (Å²) in [6, 6.07) is 10.8. The van der Waals surface area contributed by atoms with Crippen LogP contribution in [0.3, 0.4) is 0 Å². The van der Waals surface area contributed by atoms with Crippen LogP contribution in [-0.2, 0) is 20.7 Å². The lowest BCUT2D eigenvalue weighted by Crippen LogP contribution is -2.39. The molecule has 0 radical (unpaired) electrons. The van der Waals surface area contributed by atoms with Crippen molar-refractivity contribution in [3.8, 4) is 0 Å². The number of para-hydroxylation sites is 1. The molecule has 0 bridgehead atoms. The molecule has 1 aliphatic heterocycles. The molecule has 26 heavy (non-hydrogen) atoms. The molecule has 0 saturated carbocycles. The summed E-state index contributed by atoms with van der Waals surface area (Å²) < 4.78 is 10.2. The van der Waals surface area contributed by atoms with Crippen molar-refractivity contribution in [1.82, 2.24) is 5.32 Å². The summed E-state index contributed by atoms with van der Waals surface area (Å²) in [7, 11) is 0. The second-order valence-corrected chi connectivity index (χ2v) is 5.98. The van der Waals surface area contributed by atoms with E-state index in [4.69, 9.17) is 9.15 Å². The smallest absolute Gasteiger partial charge is 0.308 e. The molecule has 0 spiro atoms. The third-order valence-corrected chi connectivity index (χ3v) is 4.17. The Morgan fingerprint density at radius 1 is 1.23 bits per heavy atom. The first kappa shape index (κ1) is 17.7. The van der Waals surface area contributed by atoms with Gasteiger partial charge in [0.05, 0.1) is 12.7 Å². The fraction of sp³-hybridized carbons (Fsp3) is 0.316. The van der Waals surface area contributed by atoms with Gasteiger partial charge in [-0.05, 0) is 37.1 Å². The van der Waals surface area contributed by atoms with Crippen molar-refractivity contribution in [2.45, 2.75) is 25.9 Å². The van der Waals surface area contributed by atoms with Gasteiger partial charge < -0.3 is 19.4 Å². The lowest BCUT2D eigenvalue weighted by Gasteiger charge is -2.21. The van der Waals surface area contributed by atoms with Crippen molar-refractivity contribution in [2.24, 2.45) is 0 Å². The van der Waals surface area contributed by atoms with Gasteiger partial charge in [0.1, 0.15) is 0 Å². The van der Waals surface area contributed by atoms with E-state index in [1.165, 1.54) is 12.3 Å². The highest BCUT2D eigenvalue weighted by Crippen LogP contribution is 2.28. The maximum Gasteiger partial charge on any atom is 0.308 e. The Bertz CT molecular complexity index is 800. The van der Waals surface area contributed by atoms with Gasteiger partial charge in [-0.15, -0.1) is 0 Å². The minimum atomic E-state index is -0.880. The number of nitrogens with zero attached hydrogens (tertiary/aromatic N) is 1. The summed E-state index contributed by atoms with van der Waals surface area (Å²) in [5.74, 6) is -1.02. The molecule has 1 aliphatic rings. The van der Waals surface area contributed by atoms with Crippen LogP contribution in [0.2, 0.25) is 0 Å². The van der Waals surface area contributed by atoms with Crippen LogP contribution in [0.4, 0.5) is 5.69 Å². The number of benzene rings is 1. The molecule has 3 rings (SSSR count). The van der Waals surface area contributed by atoms with Crippen LogP contribution >= 0.6 is 0 Å². The van der Waals surface area contributed by atoms with E-state index in [0.717, 1.165) is 17.7 Å². The molecule has 136 valence electrons. The van der Waals surface area contributed by atoms with Crippen LogP contribution in [-0.4, -0.2) is 37.0 Å². The molecular formula is C19H20N2O5. The molecule has 1 atom stereocenters. The Hall–Kier alpha value is -3.09. The van der Waals surface area contributed by atoms with Gasteiger partial charge in [-0.1, -0.05) is 18.2 Å². The molecule has 2 amide bonds. The van der Waals surface area contributed by atoms with E-state index in [1.54, 1.807) is 17.9 Å². The molecule has 0 unspecified atom stereocenters. The highest BCUT2D eigenvalue weighted by atomic mass is 16.5. The van der Waals surface area contributed by atoms with Crippen molar-refractivity contribution < 1.29 is 23.5 Å². The van der Waals surface area contributed by atoms with Gasteiger partial charge in [0, 0.05) is 18.8 Å². The maximum absolute atomic E-state index is 12.5. The van der Waals surface area contributed by atoms with Crippen LogP contribution in [0.1, 0.15) is 29.5 Å². The van der Waals surface area contributed by atoms with Crippen molar-refractivity contribution in [3.05, 3.63) is 54.0 Å². The minimum Gasteiger partial charge on any atom is -0.459 e. The summed E-state index contributed by atoms with van der Waals surface area (Å²) >= 11 is 0. The monoisotopic (exact) mass is 356 g/mol. The molecule has 0 aliphatic carbocycles. The average molecular weight is 356 g/mol. The second-order valence-electron chi connectivity index (χ2n) is 5.98. The van der Waals surface area contributed by atoms with Crippen LogP contribution in [0.25, 0.3) is 0 Å². The highest BCUT2D eigenvalue weighted by Gasteiger charge is 2.29. The number of ether oxygens (including phenoxy) is 1. The number of anilines is 1. The van der Waals surface area contributed by atoms with E-state index in [0.29, 0.717) is 6.54 Å².